The number of amides is 3. The van der Waals surface area contributed by atoms with Crippen molar-refractivity contribution in [2.75, 3.05) is 23.5 Å². The number of nitrogen functional groups attached to an aromatic ring is 1. The van der Waals surface area contributed by atoms with E-state index in [2.05, 4.69) is 37.6 Å². The lowest BCUT2D eigenvalue weighted by molar-refractivity contribution is -0.105. The number of aromatic nitrogens is 2. The summed E-state index contributed by atoms with van der Waals surface area (Å²) in [5, 5.41) is 8.02. The number of rotatable bonds is 9. The van der Waals surface area contributed by atoms with Crippen LogP contribution in [0.5, 0.6) is 0 Å². The van der Waals surface area contributed by atoms with Crippen LogP contribution in [0, 0.1) is 0 Å². The van der Waals surface area contributed by atoms with Crippen molar-refractivity contribution in [3.05, 3.63) is 48.8 Å². The van der Waals surface area contributed by atoms with E-state index in [0.717, 1.165) is 21.6 Å². The van der Waals surface area contributed by atoms with Gasteiger partial charge in [0.2, 0.25) is 6.41 Å². The molecule has 0 fully saturated rings. The Bertz CT molecular complexity index is 1100. The zero-order valence-electron chi connectivity index (χ0n) is 19.5. The van der Waals surface area contributed by atoms with Crippen LogP contribution < -0.4 is 21.7 Å². The second kappa shape index (κ2) is 13.6. The van der Waals surface area contributed by atoms with Crippen molar-refractivity contribution in [2.45, 2.75) is 25.7 Å². The van der Waals surface area contributed by atoms with E-state index in [-0.39, 0.29) is 6.03 Å². The smallest absolute Gasteiger partial charge is 0.315 e. The summed E-state index contributed by atoms with van der Waals surface area (Å²) >= 11 is 1.42. The van der Waals surface area contributed by atoms with Gasteiger partial charge in [-0.1, -0.05) is 13.8 Å². The van der Waals surface area contributed by atoms with Crippen molar-refractivity contribution >= 4 is 48.1 Å². The Morgan fingerprint density at radius 2 is 1.91 bits per heavy atom. The van der Waals surface area contributed by atoms with Gasteiger partial charge in [-0.25, -0.2) is 9.78 Å². The fourth-order valence-corrected chi connectivity index (χ4v) is 3.85. The number of nitrogens with one attached hydrogen (secondary N) is 3. The van der Waals surface area contributed by atoms with Gasteiger partial charge in [-0.15, -0.1) is 11.8 Å². The van der Waals surface area contributed by atoms with Crippen molar-refractivity contribution in [1.82, 2.24) is 20.6 Å². The summed E-state index contributed by atoms with van der Waals surface area (Å²) in [5.41, 5.74) is 10.2. The minimum absolute atomic E-state index is 0.244. The summed E-state index contributed by atoms with van der Waals surface area (Å²) in [6.07, 6.45) is 3.83. The van der Waals surface area contributed by atoms with Gasteiger partial charge >= 0.3 is 6.03 Å². The minimum Gasteiger partial charge on any atom is -0.397 e. The molecule has 2 heterocycles. The number of pyridine rings is 2. The van der Waals surface area contributed by atoms with E-state index in [1.54, 1.807) is 24.5 Å². The number of anilines is 2. The number of carbonyl (C=O) groups excluding carboxylic acids is 2. The number of nitrogens with two attached hydrogens (primary N) is 1. The summed E-state index contributed by atoms with van der Waals surface area (Å²) in [7, 11) is 0. The topological polar surface area (TPSA) is 134 Å². The zero-order chi connectivity index (χ0) is 24.9. The maximum absolute atomic E-state index is 11.8. The lowest BCUT2D eigenvalue weighted by Gasteiger charge is -2.15. The number of benzene rings is 1. The van der Waals surface area contributed by atoms with E-state index in [9.17, 15) is 9.59 Å². The molecule has 3 aromatic rings. The van der Waals surface area contributed by atoms with E-state index < -0.39 is 0 Å². The minimum atomic E-state index is -0.244. The first kappa shape index (κ1) is 26.3. The Morgan fingerprint density at radius 1 is 1.12 bits per heavy atom. The van der Waals surface area contributed by atoms with Crippen LogP contribution in [0.1, 0.15) is 20.8 Å². The van der Waals surface area contributed by atoms with Crippen LogP contribution in [0.2, 0.25) is 0 Å². The average molecular weight is 480 g/mol. The van der Waals surface area contributed by atoms with E-state index in [1.165, 1.54) is 11.8 Å². The summed E-state index contributed by atoms with van der Waals surface area (Å²) in [5.74, 6) is 0.790. The van der Waals surface area contributed by atoms with Gasteiger partial charge in [0.25, 0.3) is 0 Å². The number of nitrogens with zero attached hydrogens (tertiary/aromatic N) is 3. The van der Waals surface area contributed by atoms with Crippen LogP contribution in [-0.4, -0.2) is 41.5 Å². The fourth-order valence-electron chi connectivity index (χ4n) is 2.91. The van der Waals surface area contributed by atoms with Crippen LogP contribution in [0.4, 0.5) is 22.0 Å². The van der Waals surface area contributed by atoms with Crippen molar-refractivity contribution in [1.29, 1.82) is 0 Å². The first-order valence-electron chi connectivity index (χ1n) is 10.7. The fraction of sp³-hybridized carbons (Fsp3) is 0.208. The van der Waals surface area contributed by atoms with Crippen LogP contribution in [-0.2, 0) is 4.79 Å². The van der Waals surface area contributed by atoms with Crippen molar-refractivity contribution in [3.8, 4) is 22.4 Å². The molecule has 2 aromatic heterocycles. The number of carbonyl (C=O) groups is 2. The number of thioether (sulfide) groups is 1. The molecule has 0 saturated carbocycles. The molecule has 0 aliphatic heterocycles. The van der Waals surface area contributed by atoms with Gasteiger partial charge < -0.3 is 21.7 Å². The maximum atomic E-state index is 11.8. The Labute approximate surface area is 203 Å². The Hall–Kier alpha value is -3.92. The maximum Gasteiger partial charge on any atom is 0.315 e. The first-order valence-corrected chi connectivity index (χ1v) is 11.7. The number of hydrogen-bond acceptors (Lipinski definition) is 7. The molecule has 0 unspecified atom stereocenters. The third kappa shape index (κ3) is 7.04. The zero-order valence-corrected chi connectivity index (χ0v) is 20.3. The average Bonchev–Trinajstić information content (AvgIpc) is 2.86. The molecule has 34 heavy (non-hydrogen) atoms. The molecule has 5 N–H and O–H groups in total. The highest BCUT2D eigenvalue weighted by Gasteiger charge is 2.15. The second-order valence-electron chi connectivity index (χ2n) is 6.53. The molecule has 9 nitrogen and oxygen atoms in total. The predicted octanol–water partition coefficient (Wildman–Crippen LogP) is 4.69. The van der Waals surface area contributed by atoms with E-state index in [1.807, 2.05) is 45.0 Å². The van der Waals surface area contributed by atoms with Gasteiger partial charge in [-0.05, 0) is 55.6 Å². The highest BCUT2D eigenvalue weighted by Crippen LogP contribution is 2.41. The Morgan fingerprint density at radius 3 is 2.50 bits per heavy atom. The lowest BCUT2D eigenvalue weighted by Crippen LogP contribution is -2.34. The first-order chi connectivity index (χ1) is 16.5. The molecule has 0 radical (unpaired) electrons. The quantitative estimate of drug-likeness (QED) is 0.152. The monoisotopic (exact) mass is 479 g/mol. The van der Waals surface area contributed by atoms with E-state index >= 15 is 0 Å². The van der Waals surface area contributed by atoms with Gasteiger partial charge in [0.15, 0.2) is 0 Å². The molecule has 0 bridgehead atoms. The molecular weight excluding hydrogens is 450 g/mol. The Kier molecular flexibility index (Phi) is 10.5. The third-order valence-electron chi connectivity index (χ3n) is 4.39. The number of aliphatic imine (C=N–C) groups is 1. The predicted molar refractivity (Wildman–Crippen MR) is 140 cm³/mol. The van der Waals surface area contributed by atoms with E-state index in [4.69, 9.17) is 5.73 Å². The standard InChI is InChI=1S/C22H23N7O2S.C2H6/c1-3-25-22(31)29-13-32-21-17(18-6-5-16(23)11-26-18)8-15(9-19(21)24-2)14-4-7-20(27-10-14)28-12-30;1-2/h4-12H,2-3,13,23H2,1H3,(H2,25,29,31)(H,27,28,30);1-2H3. The highest BCUT2D eigenvalue weighted by molar-refractivity contribution is 7.99. The molecule has 3 amide bonds. The number of urea groups is 1. The van der Waals surface area contributed by atoms with E-state index in [0.29, 0.717) is 41.7 Å². The SMILES string of the molecule is C=Nc1cc(-c2ccc(NC=O)nc2)cc(-c2ccc(N)cn2)c1SCNC(=O)NCC.CC. The molecule has 3 rings (SSSR count). The van der Waals surface area contributed by atoms with Gasteiger partial charge in [-0.3, -0.25) is 14.8 Å². The lowest BCUT2D eigenvalue weighted by atomic mass is 10.0. The second-order valence-corrected chi connectivity index (χ2v) is 7.51. The van der Waals surface area contributed by atoms with Crippen LogP contribution in [0.15, 0.2) is 58.7 Å². The van der Waals surface area contributed by atoms with Crippen LogP contribution >= 0.6 is 11.8 Å². The number of hydrogen-bond donors (Lipinski definition) is 4. The van der Waals surface area contributed by atoms with Crippen LogP contribution in [0.25, 0.3) is 22.4 Å². The molecule has 0 aliphatic carbocycles. The molecule has 0 atom stereocenters. The highest BCUT2D eigenvalue weighted by atomic mass is 32.2. The van der Waals surface area contributed by atoms with Crippen molar-refractivity contribution in [3.63, 3.8) is 0 Å². The molecule has 10 heteroatoms. The third-order valence-corrected chi connectivity index (χ3v) is 5.40. The van der Waals surface area contributed by atoms with Crippen molar-refractivity contribution < 1.29 is 9.59 Å². The van der Waals surface area contributed by atoms with Gasteiger partial charge in [0, 0.05) is 28.8 Å². The van der Waals surface area contributed by atoms with Crippen molar-refractivity contribution in [2.24, 2.45) is 4.99 Å². The summed E-state index contributed by atoms with van der Waals surface area (Å²) in [6.45, 7) is 10.1. The Balaban J connectivity index is 0.00000199. The largest absolute Gasteiger partial charge is 0.397 e. The van der Waals surface area contributed by atoms with Gasteiger partial charge in [0.05, 0.1) is 29.1 Å². The molecular formula is C24H29N7O2S. The molecule has 0 aliphatic rings. The summed E-state index contributed by atoms with van der Waals surface area (Å²) in [4.78, 5) is 36.1. The molecule has 1 aromatic carbocycles. The molecule has 0 spiro atoms. The summed E-state index contributed by atoms with van der Waals surface area (Å²) < 4.78 is 0. The van der Waals surface area contributed by atoms with Crippen LogP contribution in [0.3, 0.4) is 0 Å². The molecule has 0 saturated heterocycles. The molecule has 178 valence electrons. The van der Waals surface area contributed by atoms with Gasteiger partial charge in [-0.2, -0.15) is 0 Å². The summed E-state index contributed by atoms with van der Waals surface area (Å²) in [6, 6.07) is 10.8. The normalized spacial score (nSPS) is 9.85. The van der Waals surface area contributed by atoms with Gasteiger partial charge in [0.1, 0.15) is 5.82 Å².